The van der Waals surface area contributed by atoms with Crippen molar-refractivity contribution in [2.45, 2.75) is 45.4 Å². The van der Waals surface area contributed by atoms with Crippen LogP contribution in [0.3, 0.4) is 0 Å². The molecule has 1 saturated heterocycles. The molecule has 2 rings (SSSR count). The lowest BCUT2D eigenvalue weighted by Crippen LogP contribution is -2.56. The molecule has 25 heavy (non-hydrogen) atoms. The summed E-state index contributed by atoms with van der Waals surface area (Å²) >= 11 is 0. The largest absolute Gasteiger partial charge is 0.445 e. The second-order valence-electron chi connectivity index (χ2n) is 6.33. The lowest BCUT2D eigenvalue weighted by Gasteiger charge is -2.40. The number of carbonyl (C=O) groups excluding carboxylic acids is 2. The highest BCUT2D eigenvalue weighted by molar-refractivity contribution is 7.57. The molecule has 0 bridgehead atoms. The van der Waals surface area contributed by atoms with Crippen LogP contribution in [-0.2, 0) is 20.7 Å². The van der Waals surface area contributed by atoms with Crippen molar-refractivity contribution in [2.24, 2.45) is 11.0 Å². The zero-order valence-corrected chi connectivity index (χ0v) is 15.4. The third-order valence-corrected chi connectivity index (χ3v) is 5.22. The van der Waals surface area contributed by atoms with Crippen molar-refractivity contribution < 1.29 is 18.9 Å². The minimum absolute atomic E-state index is 0.111. The first-order valence-corrected chi connectivity index (χ1v) is 9.99. The van der Waals surface area contributed by atoms with Crippen LogP contribution in [0.1, 0.15) is 32.3 Å². The lowest BCUT2D eigenvalue weighted by molar-refractivity contribution is -0.135. The Morgan fingerprint density at radius 3 is 2.56 bits per heavy atom. The molecule has 0 saturated carbocycles. The van der Waals surface area contributed by atoms with Gasteiger partial charge in [-0.3, -0.25) is 29.9 Å². The monoisotopic (exact) mass is 368 g/mol. The van der Waals surface area contributed by atoms with Gasteiger partial charge in [0.15, 0.2) is 0 Å². The molecule has 4 N–H and O–H groups in total. The van der Waals surface area contributed by atoms with Gasteiger partial charge in [-0.05, 0) is 32.3 Å². The molecule has 1 aliphatic heterocycles. The lowest BCUT2D eigenvalue weighted by atomic mass is 10.0. The molecule has 0 unspecified atom stereocenters. The van der Waals surface area contributed by atoms with Crippen LogP contribution < -0.4 is 11.0 Å². The summed E-state index contributed by atoms with van der Waals surface area (Å²) in [7, 11) is -3.69. The van der Waals surface area contributed by atoms with Crippen LogP contribution in [0.15, 0.2) is 30.3 Å². The van der Waals surface area contributed by atoms with Crippen molar-refractivity contribution in [2.75, 3.05) is 6.54 Å². The van der Waals surface area contributed by atoms with Crippen molar-refractivity contribution in [3.05, 3.63) is 35.9 Å². The van der Waals surface area contributed by atoms with Crippen LogP contribution in [0, 0.1) is 0 Å². The molecule has 1 aromatic carbocycles. The maximum atomic E-state index is 12.6. The van der Waals surface area contributed by atoms with Gasteiger partial charge in [-0.15, -0.1) is 0 Å². The van der Waals surface area contributed by atoms with Crippen LogP contribution in [0.2, 0.25) is 0 Å². The van der Waals surface area contributed by atoms with Gasteiger partial charge in [0.25, 0.3) is 5.91 Å². The molecule has 0 aliphatic carbocycles. The molecule has 1 atom stereocenters. The summed E-state index contributed by atoms with van der Waals surface area (Å²) in [6, 6.07) is 8.22. The van der Waals surface area contributed by atoms with Crippen molar-refractivity contribution in [1.82, 2.24) is 9.57 Å². The molecular weight excluding hydrogens is 343 g/mol. The number of nitrogens with two attached hydrogens (primary N) is 2. The Morgan fingerprint density at radius 2 is 2.00 bits per heavy atom. The Labute approximate surface area is 147 Å². The molecule has 1 aliphatic rings. The SMILES string of the molecule is CC(C)N(C(=O)OCc1ccccc1)[C@H]1CCCN(P(N)(N)=O)C1=O. The zero-order chi connectivity index (χ0) is 18.6. The number of hydrogen-bond acceptors (Lipinski definition) is 4. The van der Waals surface area contributed by atoms with Crippen molar-refractivity contribution in [3.8, 4) is 0 Å². The van der Waals surface area contributed by atoms with Gasteiger partial charge in [0.2, 0.25) is 0 Å². The quantitative estimate of drug-likeness (QED) is 0.768. The number of nitrogens with zero attached hydrogens (tertiary/aromatic N) is 2. The minimum Gasteiger partial charge on any atom is -0.445 e. The second-order valence-corrected chi connectivity index (χ2v) is 8.16. The van der Waals surface area contributed by atoms with Crippen molar-refractivity contribution >= 4 is 19.6 Å². The Balaban J connectivity index is 2.12. The van der Waals surface area contributed by atoms with E-state index in [1.54, 1.807) is 13.8 Å². The maximum absolute atomic E-state index is 12.6. The van der Waals surface area contributed by atoms with Gasteiger partial charge in [0, 0.05) is 12.6 Å². The van der Waals surface area contributed by atoms with E-state index in [0.717, 1.165) is 10.2 Å². The number of amides is 2. The average Bonchev–Trinajstić information content (AvgIpc) is 2.54. The number of rotatable bonds is 5. The van der Waals surface area contributed by atoms with E-state index in [4.69, 9.17) is 15.7 Å². The highest BCUT2D eigenvalue weighted by Gasteiger charge is 2.41. The highest BCUT2D eigenvalue weighted by Crippen LogP contribution is 2.36. The smallest absolute Gasteiger partial charge is 0.411 e. The fourth-order valence-electron chi connectivity index (χ4n) is 2.90. The summed E-state index contributed by atoms with van der Waals surface area (Å²) in [6.45, 7) is 3.92. The standard InChI is InChI=1S/C16H25N4O4P/c1-12(2)20(16(22)24-11-13-7-4-3-5-8-13)14-9-6-10-19(15(14)21)25(17,18)23/h3-5,7-8,12,14H,6,9-11H2,1-2H3,(H4,17,18,23)/t14-/m0/s1. The van der Waals surface area contributed by atoms with E-state index in [1.807, 2.05) is 30.3 Å². The summed E-state index contributed by atoms with van der Waals surface area (Å²) < 4.78 is 18.3. The molecule has 2 amide bonds. The molecule has 0 spiro atoms. The molecule has 0 radical (unpaired) electrons. The molecule has 1 aromatic rings. The van der Waals surface area contributed by atoms with Gasteiger partial charge < -0.3 is 4.74 Å². The van der Waals surface area contributed by atoms with Gasteiger partial charge >= 0.3 is 13.7 Å². The number of ether oxygens (including phenoxy) is 1. The number of carbonyl (C=O) groups is 2. The van der Waals surface area contributed by atoms with E-state index in [2.05, 4.69) is 0 Å². The van der Waals surface area contributed by atoms with E-state index in [0.29, 0.717) is 12.8 Å². The summed E-state index contributed by atoms with van der Waals surface area (Å²) in [5.41, 5.74) is 11.8. The Kier molecular flexibility index (Phi) is 6.21. The predicted octanol–water partition coefficient (Wildman–Crippen LogP) is 2.05. The normalized spacial score (nSPS) is 18.4. The van der Waals surface area contributed by atoms with Crippen LogP contribution >= 0.6 is 7.59 Å². The van der Waals surface area contributed by atoms with Crippen LogP contribution in [0.4, 0.5) is 4.79 Å². The van der Waals surface area contributed by atoms with Gasteiger partial charge in [-0.2, -0.15) is 0 Å². The van der Waals surface area contributed by atoms with E-state index >= 15 is 0 Å². The fourth-order valence-corrected chi connectivity index (χ4v) is 3.80. The van der Waals surface area contributed by atoms with Gasteiger partial charge in [-0.1, -0.05) is 30.3 Å². The summed E-state index contributed by atoms with van der Waals surface area (Å²) in [4.78, 5) is 26.6. The third kappa shape index (κ3) is 4.81. The minimum atomic E-state index is -3.69. The summed E-state index contributed by atoms with van der Waals surface area (Å²) in [6.07, 6.45) is 0.417. The first-order valence-electron chi connectivity index (χ1n) is 8.20. The van der Waals surface area contributed by atoms with E-state index in [1.165, 1.54) is 4.90 Å². The predicted molar refractivity (Wildman–Crippen MR) is 94.3 cm³/mol. The molecule has 138 valence electrons. The third-order valence-electron chi connectivity index (χ3n) is 4.07. The summed E-state index contributed by atoms with van der Waals surface area (Å²) in [5, 5.41) is 0. The Bertz CT molecular complexity index is 661. The van der Waals surface area contributed by atoms with E-state index in [9.17, 15) is 14.2 Å². The van der Waals surface area contributed by atoms with Crippen LogP contribution in [-0.4, -0.2) is 40.2 Å². The van der Waals surface area contributed by atoms with E-state index in [-0.39, 0.29) is 19.2 Å². The zero-order valence-electron chi connectivity index (χ0n) is 14.5. The van der Waals surface area contributed by atoms with Gasteiger partial charge in [-0.25, -0.2) is 4.79 Å². The number of piperidine rings is 1. The van der Waals surface area contributed by atoms with Crippen LogP contribution in [0.5, 0.6) is 0 Å². The first kappa shape index (κ1) is 19.4. The fraction of sp³-hybridized carbons (Fsp3) is 0.500. The van der Waals surface area contributed by atoms with E-state index < -0.39 is 25.6 Å². The van der Waals surface area contributed by atoms with Crippen LogP contribution in [0.25, 0.3) is 0 Å². The van der Waals surface area contributed by atoms with Gasteiger partial charge in [0.05, 0.1) is 0 Å². The molecule has 0 aromatic heterocycles. The first-order chi connectivity index (χ1) is 11.7. The Morgan fingerprint density at radius 1 is 1.36 bits per heavy atom. The Hall–Kier alpha value is -1.89. The average molecular weight is 368 g/mol. The summed E-state index contributed by atoms with van der Waals surface area (Å²) in [5.74, 6) is -0.495. The molecule has 9 heteroatoms. The molecule has 1 heterocycles. The van der Waals surface area contributed by atoms with Gasteiger partial charge in [0.1, 0.15) is 12.6 Å². The van der Waals surface area contributed by atoms with Crippen molar-refractivity contribution in [3.63, 3.8) is 0 Å². The number of hydrogen-bond donors (Lipinski definition) is 2. The molecular formula is C16H25N4O4P. The maximum Gasteiger partial charge on any atom is 0.411 e. The second kappa shape index (κ2) is 7.99. The van der Waals surface area contributed by atoms with Crippen molar-refractivity contribution in [1.29, 1.82) is 0 Å². The molecule has 8 nitrogen and oxygen atoms in total. The number of benzene rings is 1. The highest BCUT2D eigenvalue weighted by atomic mass is 31.2. The molecule has 1 fully saturated rings. The topological polar surface area (TPSA) is 119 Å².